The number of methoxy groups -OCH3 is 1. The molecule has 1 N–H and O–H groups in total. The Morgan fingerprint density at radius 2 is 1.93 bits per heavy atom. The third kappa shape index (κ3) is 4.26. The Kier molecular flexibility index (Phi) is 5.74. The van der Waals surface area contributed by atoms with Crippen molar-refractivity contribution in [1.82, 2.24) is 4.90 Å². The van der Waals surface area contributed by atoms with Crippen LogP contribution in [0.4, 0.5) is 0 Å². The highest BCUT2D eigenvalue weighted by molar-refractivity contribution is 5.43. The van der Waals surface area contributed by atoms with E-state index >= 15 is 0 Å². The van der Waals surface area contributed by atoms with Crippen LogP contribution in [-0.4, -0.2) is 50.0 Å². The summed E-state index contributed by atoms with van der Waals surface area (Å²) in [5, 5.41) is 10.3. The first-order valence-electron chi connectivity index (χ1n) is 10.0. The Hall–Kier alpha value is -2.24. The largest absolute Gasteiger partial charge is 0.497 e. The average Bonchev–Trinajstić information content (AvgIpc) is 2.74. The monoisotopic (exact) mass is 383 g/mol. The van der Waals surface area contributed by atoms with Gasteiger partial charge >= 0.3 is 0 Å². The number of aliphatic hydroxyl groups excluding tert-OH is 1. The van der Waals surface area contributed by atoms with E-state index in [2.05, 4.69) is 29.2 Å². The molecule has 0 spiro atoms. The van der Waals surface area contributed by atoms with Crippen LogP contribution < -0.4 is 14.2 Å². The minimum absolute atomic E-state index is 0.113. The minimum atomic E-state index is -0.113. The SMILES string of the molecule is COc1cccc(C[C@@]2(CO)CCCN(Cc3ccc4c(c3)OCCO4)C2)c1. The summed E-state index contributed by atoms with van der Waals surface area (Å²) >= 11 is 0. The number of benzene rings is 2. The van der Waals surface area contributed by atoms with E-state index in [4.69, 9.17) is 14.2 Å². The van der Waals surface area contributed by atoms with Crippen LogP contribution in [0.25, 0.3) is 0 Å². The lowest BCUT2D eigenvalue weighted by Crippen LogP contribution is -2.46. The van der Waals surface area contributed by atoms with E-state index in [0.29, 0.717) is 13.2 Å². The normalized spacial score (nSPS) is 22.1. The molecule has 0 aromatic heterocycles. The van der Waals surface area contributed by atoms with E-state index in [0.717, 1.165) is 56.1 Å². The van der Waals surface area contributed by atoms with Gasteiger partial charge in [-0.05, 0) is 61.2 Å². The Bertz CT molecular complexity index is 809. The van der Waals surface area contributed by atoms with Crippen LogP contribution in [-0.2, 0) is 13.0 Å². The predicted molar refractivity (Wildman–Crippen MR) is 108 cm³/mol. The van der Waals surface area contributed by atoms with Crippen LogP contribution in [0.3, 0.4) is 0 Å². The maximum atomic E-state index is 10.3. The fraction of sp³-hybridized carbons (Fsp3) is 0.478. The summed E-state index contributed by atoms with van der Waals surface area (Å²) in [6, 6.07) is 14.4. The van der Waals surface area contributed by atoms with E-state index in [-0.39, 0.29) is 12.0 Å². The molecule has 0 saturated carbocycles. The summed E-state index contributed by atoms with van der Waals surface area (Å²) in [6.45, 7) is 4.21. The summed E-state index contributed by atoms with van der Waals surface area (Å²) in [6.07, 6.45) is 2.99. The van der Waals surface area contributed by atoms with Gasteiger partial charge in [0, 0.05) is 18.5 Å². The van der Waals surface area contributed by atoms with Crippen LogP contribution in [0.2, 0.25) is 0 Å². The molecule has 1 atom stereocenters. The molecule has 0 amide bonds. The van der Waals surface area contributed by atoms with Crippen molar-refractivity contribution in [3.63, 3.8) is 0 Å². The molecule has 1 saturated heterocycles. The molecule has 2 aliphatic heterocycles. The van der Waals surface area contributed by atoms with Crippen LogP contribution in [0.5, 0.6) is 17.2 Å². The van der Waals surface area contributed by atoms with Crippen molar-refractivity contribution >= 4 is 0 Å². The minimum Gasteiger partial charge on any atom is -0.497 e. The highest BCUT2D eigenvalue weighted by Gasteiger charge is 2.35. The summed E-state index contributed by atoms with van der Waals surface area (Å²) in [5.41, 5.74) is 2.33. The first-order chi connectivity index (χ1) is 13.7. The van der Waals surface area contributed by atoms with Gasteiger partial charge in [-0.15, -0.1) is 0 Å². The topological polar surface area (TPSA) is 51.2 Å². The first-order valence-corrected chi connectivity index (χ1v) is 10.0. The quantitative estimate of drug-likeness (QED) is 0.830. The standard InChI is InChI=1S/C23H29NO4/c1-26-20-5-2-4-18(12-20)14-23(17-25)8-3-9-24(16-23)15-19-6-7-21-22(13-19)28-11-10-27-21/h2,4-7,12-13,25H,3,8-11,14-17H2,1H3/t23-/m0/s1. The number of fused-ring (bicyclic) bond motifs is 1. The van der Waals surface area contributed by atoms with E-state index in [1.54, 1.807) is 7.11 Å². The van der Waals surface area contributed by atoms with Gasteiger partial charge in [0.25, 0.3) is 0 Å². The molecule has 2 aromatic rings. The van der Waals surface area contributed by atoms with E-state index in [9.17, 15) is 5.11 Å². The third-order valence-corrected chi connectivity index (χ3v) is 5.80. The molecule has 4 rings (SSSR count). The van der Waals surface area contributed by atoms with Crippen LogP contribution in [0.1, 0.15) is 24.0 Å². The zero-order valence-electron chi connectivity index (χ0n) is 16.5. The second-order valence-corrected chi connectivity index (χ2v) is 7.98. The van der Waals surface area contributed by atoms with Gasteiger partial charge in [-0.2, -0.15) is 0 Å². The van der Waals surface area contributed by atoms with Crippen molar-refractivity contribution in [2.24, 2.45) is 5.41 Å². The van der Waals surface area contributed by atoms with Crippen molar-refractivity contribution in [3.8, 4) is 17.2 Å². The summed E-state index contributed by atoms with van der Waals surface area (Å²) < 4.78 is 16.7. The lowest BCUT2D eigenvalue weighted by Gasteiger charge is -2.42. The number of aliphatic hydroxyl groups is 1. The number of likely N-dealkylation sites (tertiary alicyclic amines) is 1. The molecule has 0 unspecified atom stereocenters. The summed E-state index contributed by atoms with van der Waals surface area (Å²) in [7, 11) is 1.69. The third-order valence-electron chi connectivity index (χ3n) is 5.80. The van der Waals surface area contributed by atoms with Crippen LogP contribution >= 0.6 is 0 Å². The number of nitrogens with zero attached hydrogens (tertiary/aromatic N) is 1. The van der Waals surface area contributed by atoms with E-state index < -0.39 is 0 Å². The van der Waals surface area contributed by atoms with Gasteiger partial charge < -0.3 is 19.3 Å². The average molecular weight is 383 g/mol. The Labute approximate surface area is 166 Å². The zero-order valence-corrected chi connectivity index (χ0v) is 16.5. The van der Waals surface area contributed by atoms with Crippen LogP contribution in [0, 0.1) is 5.41 Å². The Morgan fingerprint density at radius 1 is 1.07 bits per heavy atom. The fourth-order valence-corrected chi connectivity index (χ4v) is 4.43. The first kappa shape index (κ1) is 19.1. The van der Waals surface area contributed by atoms with Crippen molar-refractivity contribution in [2.75, 3.05) is 40.0 Å². The number of hydrogen-bond donors (Lipinski definition) is 1. The molecule has 28 heavy (non-hydrogen) atoms. The highest BCUT2D eigenvalue weighted by atomic mass is 16.6. The van der Waals surface area contributed by atoms with Crippen molar-refractivity contribution in [1.29, 1.82) is 0 Å². The molecule has 2 heterocycles. The Morgan fingerprint density at radius 3 is 2.75 bits per heavy atom. The molecular weight excluding hydrogens is 354 g/mol. The lowest BCUT2D eigenvalue weighted by molar-refractivity contribution is 0.0287. The van der Waals surface area contributed by atoms with E-state index in [1.807, 2.05) is 18.2 Å². The van der Waals surface area contributed by atoms with Gasteiger partial charge in [0.15, 0.2) is 11.5 Å². The molecule has 5 nitrogen and oxygen atoms in total. The lowest BCUT2D eigenvalue weighted by atomic mass is 9.75. The van der Waals surface area contributed by atoms with Gasteiger partial charge in [0.2, 0.25) is 0 Å². The summed E-state index contributed by atoms with van der Waals surface area (Å²) in [5.74, 6) is 2.54. The predicted octanol–water partition coefficient (Wildman–Crippen LogP) is 3.28. The molecule has 1 fully saturated rings. The molecule has 0 aliphatic carbocycles. The van der Waals surface area contributed by atoms with Crippen molar-refractivity contribution < 1.29 is 19.3 Å². The van der Waals surface area contributed by atoms with Crippen molar-refractivity contribution in [3.05, 3.63) is 53.6 Å². The van der Waals surface area contributed by atoms with Crippen LogP contribution in [0.15, 0.2) is 42.5 Å². The molecule has 0 bridgehead atoms. The molecular formula is C23H29NO4. The number of hydrogen-bond acceptors (Lipinski definition) is 5. The van der Waals surface area contributed by atoms with Gasteiger partial charge in [-0.25, -0.2) is 0 Å². The number of ether oxygens (including phenoxy) is 3. The second-order valence-electron chi connectivity index (χ2n) is 7.98. The maximum Gasteiger partial charge on any atom is 0.161 e. The van der Waals surface area contributed by atoms with Crippen molar-refractivity contribution in [2.45, 2.75) is 25.8 Å². The molecule has 2 aromatic carbocycles. The second kappa shape index (κ2) is 8.41. The fourth-order valence-electron chi connectivity index (χ4n) is 4.43. The Balaban J connectivity index is 1.46. The van der Waals surface area contributed by atoms with Gasteiger partial charge in [-0.3, -0.25) is 4.90 Å². The van der Waals surface area contributed by atoms with Gasteiger partial charge in [0.05, 0.1) is 13.7 Å². The molecule has 5 heteroatoms. The summed E-state index contributed by atoms with van der Waals surface area (Å²) in [4.78, 5) is 2.45. The smallest absolute Gasteiger partial charge is 0.161 e. The highest BCUT2D eigenvalue weighted by Crippen LogP contribution is 2.36. The zero-order chi connectivity index (χ0) is 19.4. The van der Waals surface area contributed by atoms with E-state index in [1.165, 1.54) is 11.1 Å². The molecule has 0 radical (unpaired) electrons. The number of rotatable bonds is 6. The van der Waals surface area contributed by atoms with Gasteiger partial charge in [-0.1, -0.05) is 18.2 Å². The molecule has 150 valence electrons. The van der Waals surface area contributed by atoms with Gasteiger partial charge in [0.1, 0.15) is 19.0 Å². The maximum absolute atomic E-state index is 10.3. The number of piperidine rings is 1. The molecule has 2 aliphatic rings.